The summed E-state index contributed by atoms with van der Waals surface area (Å²) in [6, 6.07) is 7.77. The van der Waals surface area contributed by atoms with Gasteiger partial charge in [-0.15, -0.1) is 0 Å². The van der Waals surface area contributed by atoms with E-state index < -0.39 is 0 Å². The first-order valence-corrected chi connectivity index (χ1v) is 11.4. The van der Waals surface area contributed by atoms with E-state index in [9.17, 15) is 0 Å². The average Bonchev–Trinajstić information content (AvgIpc) is 3.30. The average molecular weight is 452 g/mol. The highest BCUT2D eigenvalue weighted by Crippen LogP contribution is 2.33. The number of anilines is 1. The van der Waals surface area contributed by atoms with Crippen molar-refractivity contribution in [3.8, 4) is 5.88 Å². The summed E-state index contributed by atoms with van der Waals surface area (Å²) < 4.78 is 6.19. The van der Waals surface area contributed by atoms with Gasteiger partial charge in [0, 0.05) is 6.54 Å². The molecule has 0 unspecified atom stereocenters. The number of aromatic amines is 1. The van der Waals surface area contributed by atoms with Crippen LogP contribution in [0.4, 0.5) is 5.82 Å². The van der Waals surface area contributed by atoms with Crippen LogP contribution in [0.3, 0.4) is 0 Å². The summed E-state index contributed by atoms with van der Waals surface area (Å²) >= 11 is 6.53. The number of likely N-dealkylation sites (tertiary alicyclic amines) is 1. The molecule has 4 aromatic rings. The van der Waals surface area contributed by atoms with Crippen molar-refractivity contribution in [1.29, 1.82) is 0 Å². The number of H-pyrrole nitrogens is 1. The molecule has 5 rings (SSSR count). The number of benzene rings is 1. The monoisotopic (exact) mass is 451 g/mol. The van der Waals surface area contributed by atoms with Crippen LogP contribution in [-0.2, 0) is 0 Å². The smallest absolute Gasteiger partial charge is 0.223 e. The SMILES string of the molecule is C[C@H](Nc1ncnc2[nH]cnc12)c1cc2cccc(Cl)c2c(OCCN2CCCCC2)n1. The van der Waals surface area contributed by atoms with Crippen molar-refractivity contribution in [2.24, 2.45) is 0 Å². The van der Waals surface area contributed by atoms with Crippen LogP contribution in [-0.4, -0.2) is 56.1 Å². The first-order chi connectivity index (χ1) is 15.7. The fourth-order valence-corrected chi connectivity index (χ4v) is 4.44. The van der Waals surface area contributed by atoms with Gasteiger partial charge in [0.1, 0.15) is 18.5 Å². The van der Waals surface area contributed by atoms with Crippen molar-refractivity contribution in [2.75, 3.05) is 31.6 Å². The summed E-state index contributed by atoms with van der Waals surface area (Å²) in [6.07, 6.45) is 6.97. The third-order valence-electron chi connectivity index (χ3n) is 5.90. The van der Waals surface area contributed by atoms with Crippen molar-refractivity contribution in [3.63, 3.8) is 0 Å². The highest BCUT2D eigenvalue weighted by molar-refractivity contribution is 6.36. The highest BCUT2D eigenvalue weighted by atomic mass is 35.5. The molecule has 166 valence electrons. The van der Waals surface area contributed by atoms with Gasteiger partial charge in [-0.3, -0.25) is 4.90 Å². The third kappa shape index (κ3) is 4.33. The van der Waals surface area contributed by atoms with Crippen LogP contribution in [0.5, 0.6) is 5.88 Å². The van der Waals surface area contributed by atoms with Crippen molar-refractivity contribution in [1.82, 2.24) is 29.8 Å². The molecule has 32 heavy (non-hydrogen) atoms. The minimum atomic E-state index is -0.127. The van der Waals surface area contributed by atoms with Gasteiger partial charge in [-0.05, 0) is 50.4 Å². The minimum Gasteiger partial charge on any atom is -0.476 e. The largest absolute Gasteiger partial charge is 0.476 e. The summed E-state index contributed by atoms with van der Waals surface area (Å²) in [7, 11) is 0. The summed E-state index contributed by atoms with van der Waals surface area (Å²) in [5.41, 5.74) is 2.23. The van der Waals surface area contributed by atoms with Crippen LogP contribution < -0.4 is 10.1 Å². The Bertz CT molecular complexity index is 1220. The summed E-state index contributed by atoms with van der Waals surface area (Å²) in [6.45, 7) is 5.79. The van der Waals surface area contributed by atoms with Crippen molar-refractivity contribution < 1.29 is 4.74 Å². The Hall–Kier alpha value is -2.97. The van der Waals surface area contributed by atoms with Crippen LogP contribution in [0.25, 0.3) is 21.9 Å². The van der Waals surface area contributed by atoms with Gasteiger partial charge in [0.25, 0.3) is 0 Å². The number of hydrogen-bond donors (Lipinski definition) is 2. The van der Waals surface area contributed by atoms with E-state index in [0.717, 1.165) is 36.1 Å². The molecule has 0 radical (unpaired) electrons. The number of piperidine rings is 1. The second-order valence-electron chi connectivity index (χ2n) is 8.13. The Morgan fingerprint density at radius 3 is 2.94 bits per heavy atom. The number of halogens is 1. The lowest BCUT2D eigenvalue weighted by molar-refractivity contribution is 0.181. The number of nitrogens with zero attached hydrogens (tertiary/aromatic N) is 5. The van der Waals surface area contributed by atoms with Crippen molar-refractivity contribution in [3.05, 3.63) is 47.6 Å². The molecule has 2 N–H and O–H groups in total. The van der Waals surface area contributed by atoms with E-state index in [4.69, 9.17) is 21.3 Å². The Morgan fingerprint density at radius 1 is 1.19 bits per heavy atom. The zero-order chi connectivity index (χ0) is 21.9. The lowest BCUT2D eigenvalue weighted by Gasteiger charge is -2.26. The first-order valence-electron chi connectivity index (χ1n) is 11.0. The van der Waals surface area contributed by atoms with Gasteiger partial charge in [-0.25, -0.2) is 19.9 Å². The van der Waals surface area contributed by atoms with Gasteiger partial charge in [0.2, 0.25) is 5.88 Å². The minimum absolute atomic E-state index is 0.127. The Morgan fingerprint density at radius 2 is 2.06 bits per heavy atom. The zero-order valence-corrected chi connectivity index (χ0v) is 18.8. The molecule has 1 aromatic carbocycles. The van der Waals surface area contributed by atoms with E-state index in [1.54, 1.807) is 6.33 Å². The van der Waals surface area contributed by atoms with E-state index >= 15 is 0 Å². The standard InChI is InChI=1S/C23H26ClN7O/c1-15(29-22-20-21(26-13-25-20)27-14-28-22)18-12-16-6-5-7-17(24)19(16)23(30-18)32-11-10-31-8-3-2-4-9-31/h5-7,12-15H,2-4,8-11H2,1H3,(H2,25,26,27,28,29)/t15-/m0/s1. The van der Waals surface area contributed by atoms with Gasteiger partial charge in [-0.2, -0.15) is 0 Å². The number of hydrogen-bond acceptors (Lipinski definition) is 7. The zero-order valence-electron chi connectivity index (χ0n) is 18.0. The van der Waals surface area contributed by atoms with Gasteiger partial charge >= 0.3 is 0 Å². The summed E-state index contributed by atoms with van der Waals surface area (Å²) in [4.78, 5) is 23.2. The molecule has 9 heteroatoms. The number of fused-ring (bicyclic) bond motifs is 2. The predicted octanol–water partition coefficient (Wildman–Crippen LogP) is 4.59. The molecule has 1 aliphatic rings. The van der Waals surface area contributed by atoms with Crippen molar-refractivity contribution in [2.45, 2.75) is 32.2 Å². The number of imidazole rings is 1. The number of pyridine rings is 1. The summed E-state index contributed by atoms with van der Waals surface area (Å²) in [5, 5.41) is 5.90. The van der Waals surface area contributed by atoms with Gasteiger partial charge in [0.05, 0.1) is 28.5 Å². The molecule has 4 heterocycles. The molecule has 1 aliphatic heterocycles. The number of aromatic nitrogens is 5. The Balaban J connectivity index is 1.40. The fourth-order valence-electron chi connectivity index (χ4n) is 4.18. The third-order valence-corrected chi connectivity index (χ3v) is 6.22. The molecule has 8 nitrogen and oxygen atoms in total. The molecule has 1 atom stereocenters. The van der Waals surface area contributed by atoms with Crippen LogP contribution in [0, 0.1) is 0 Å². The first kappa shape index (κ1) is 20.9. The quantitative estimate of drug-likeness (QED) is 0.424. The van der Waals surface area contributed by atoms with Gasteiger partial charge < -0.3 is 15.0 Å². The maximum absolute atomic E-state index is 6.53. The second-order valence-corrected chi connectivity index (χ2v) is 8.54. The van der Waals surface area contributed by atoms with E-state index in [1.807, 2.05) is 31.2 Å². The molecule has 0 aliphatic carbocycles. The number of ether oxygens (including phenoxy) is 1. The Kier molecular flexibility index (Phi) is 6.05. The fraction of sp³-hybridized carbons (Fsp3) is 0.391. The number of rotatable bonds is 7. The van der Waals surface area contributed by atoms with Crippen LogP contribution in [0.2, 0.25) is 5.02 Å². The molecule has 0 spiro atoms. The predicted molar refractivity (Wildman–Crippen MR) is 126 cm³/mol. The Labute approximate surface area is 191 Å². The molecule has 1 fully saturated rings. The normalized spacial score (nSPS) is 15.8. The molecular formula is C23H26ClN7O. The van der Waals surface area contributed by atoms with E-state index in [-0.39, 0.29) is 6.04 Å². The maximum atomic E-state index is 6.53. The lowest BCUT2D eigenvalue weighted by atomic mass is 10.1. The molecule has 1 saturated heterocycles. The van der Waals surface area contributed by atoms with Crippen LogP contribution in [0.15, 0.2) is 36.9 Å². The van der Waals surface area contributed by atoms with Crippen molar-refractivity contribution >= 4 is 39.4 Å². The molecule has 3 aromatic heterocycles. The van der Waals surface area contributed by atoms with Gasteiger partial charge in [0.15, 0.2) is 11.5 Å². The topological polar surface area (TPSA) is 91.9 Å². The molecular weight excluding hydrogens is 426 g/mol. The maximum Gasteiger partial charge on any atom is 0.223 e. The van der Waals surface area contributed by atoms with Gasteiger partial charge in [-0.1, -0.05) is 30.2 Å². The van der Waals surface area contributed by atoms with E-state index in [1.165, 1.54) is 25.6 Å². The van der Waals surface area contributed by atoms with Crippen LogP contribution >= 0.6 is 11.6 Å². The highest BCUT2D eigenvalue weighted by Gasteiger charge is 2.17. The second kappa shape index (κ2) is 9.26. The number of nitrogens with one attached hydrogen (secondary N) is 2. The van der Waals surface area contributed by atoms with Crippen LogP contribution in [0.1, 0.15) is 37.9 Å². The molecule has 0 amide bonds. The van der Waals surface area contributed by atoms with E-state index in [0.29, 0.717) is 34.5 Å². The van der Waals surface area contributed by atoms with E-state index in [2.05, 4.69) is 30.2 Å². The lowest BCUT2D eigenvalue weighted by Crippen LogP contribution is -2.33. The summed E-state index contributed by atoms with van der Waals surface area (Å²) in [5.74, 6) is 1.23. The molecule has 0 saturated carbocycles. The molecule has 0 bridgehead atoms.